The van der Waals surface area contributed by atoms with Crippen molar-refractivity contribution in [3.8, 4) is 0 Å². The second kappa shape index (κ2) is 5.16. The third kappa shape index (κ3) is 3.60. The van der Waals surface area contributed by atoms with Crippen LogP contribution < -0.4 is 16.1 Å². The molecule has 100 valence electrons. The molecule has 2 aromatic rings. The molecule has 2 rings (SSSR count). The Morgan fingerprint density at radius 3 is 2.53 bits per heavy atom. The number of anilines is 1. The van der Waals surface area contributed by atoms with Crippen molar-refractivity contribution < 1.29 is 8.42 Å². The van der Waals surface area contributed by atoms with Crippen LogP contribution in [-0.2, 0) is 16.6 Å². The van der Waals surface area contributed by atoms with E-state index in [0.29, 0.717) is 12.4 Å². The molecule has 0 spiro atoms. The van der Waals surface area contributed by atoms with Crippen molar-refractivity contribution in [3.05, 3.63) is 46.5 Å². The largest absolute Gasteiger partial charge is 0.364 e. The summed E-state index contributed by atoms with van der Waals surface area (Å²) in [7, 11) is -3.68. The maximum Gasteiger partial charge on any atom is 0.363 e. The van der Waals surface area contributed by atoms with E-state index < -0.39 is 15.7 Å². The summed E-state index contributed by atoms with van der Waals surface area (Å²) in [5.41, 5.74) is 0.268. The van der Waals surface area contributed by atoms with Gasteiger partial charge < -0.3 is 5.32 Å². The number of nitrogens with zero attached hydrogens (tertiary/aromatic N) is 2. The summed E-state index contributed by atoms with van der Waals surface area (Å²) in [6.45, 7) is 0.378. The number of hydrogen-bond donors (Lipinski definition) is 3. The normalized spacial score (nSPS) is 11.2. The van der Waals surface area contributed by atoms with Crippen molar-refractivity contribution in [2.24, 2.45) is 5.14 Å². The van der Waals surface area contributed by atoms with Crippen LogP contribution in [0.3, 0.4) is 0 Å². The fourth-order valence-corrected chi connectivity index (χ4v) is 1.90. The Bertz CT molecular complexity index is 723. The third-order valence-corrected chi connectivity index (χ3v) is 3.22. The lowest BCUT2D eigenvalue weighted by molar-refractivity contribution is 0.598. The molecule has 0 fully saturated rings. The summed E-state index contributed by atoms with van der Waals surface area (Å²) in [4.78, 5) is 14.6. The van der Waals surface area contributed by atoms with Crippen molar-refractivity contribution in [3.63, 3.8) is 0 Å². The van der Waals surface area contributed by atoms with E-state index in [9.17, 15) is 13.2 Å². The topological polar surface area (TPSA) is 131 Å². The van der Waals surface area contributed by atoms with Crippen LogP contribution in [0.4, 0.5) is 5.82 Å². The number of nitrogens with two attached hydrogens (primary N) is 1. The second-order valence-corrected chi connectivity index (χ2v) is 5.28. The summed E-state index contributed by atoms with van der Waals surface area (Å²) in [5.74, 6) is 0.333. The standard InChI is InChI=1S/C10H11N5O3S/c11-19(17,18)8-3-1-7(2-4-8)5-12-9-6-13-15-10(16)14-9/h1-4,6H,5H2,(H2,11,17,18)(H2,12,14,15,16). The van der Waals surface area contributed by atoms with Crippen LogP contribution in [0, 0.1) is 0 Å². The van der Waals surface area contributed by atoms with Gasteiger partial charge in [0, 0.05) is 6.54 Å². The minimum atomic E-state index is -3.68. The van der Waals surface area contributed by atoms with Crippen LogP contribution in [-0.4, -0.2) is 23.6 Å². The van der Waals surface area contributed by atoms with E-state index in [2.05, 4.69) is 20.5 Å². The van der Waals surface area contributed by atoms with Crippen LogP contribution in [0.1, 0.15) is 5.56 Å². The molecule has 0 unspecified atom stereocenters. The summed E-state index contributed by atoms with van der Waals surface area (Å²) < 4.78 is 22.1. The summed E-state index contributed by atoms with van der Waals surface area (Å²) in [5, 5.41) is 13.6. The van der Waals surface area contributed by atoms with Gasteiger partial charge in [-0.2, -0.15) is 10.1 Å². The second-order valence-electron chi connectivity index (χ2n) is 3.71. The van der Waals surface area contributed by atoms with Crippen LogP contribution in [0.15, 0.2) is 40.2 Å². The van der Waals surface area contributed by atoms with Gasteiger partial charge in [-0.25, -0.2) is 23.4 Å². The van der Waals surface area contributed by atoms with Gasteiger partial charge in [0.15, 0.2) is 5.82 Å². The molecule has 1 heterocycles. The van der Waals surface area contributed by atoms with E-state index in [1.807, 2.05) is 0 Å². The highest BCUT2D eigenvalue weighted by molar-refractivity contribution is 7.89. The quantitative estimate of drug-likeness (QED) is 0.687. The molecule has 0 atom stereocenters. The van der Waals surface area contributed by atoms with Gasteiger partial charge in [-0.05, 0) is 17.7 Å². The Morgan fingerprint density at radius 2 is 1.95 bits per heavy atom. The Morgan fingerprint density at radius 1 is 1.26 bits per heavy atom. The Kier molecular flexibility index (Phi) is 3.58. The molecule has 4 N–H and O–H groups in total. The van der Waals surface area contributed by atoms with Crippen LogP contribution in [0.5, 0.6) is 0 Å². The molecular weight excluding hydrogens is 270 g/mol. The predicted octanol–water partition coefficient (Wildman–Crippen LogP) is -0.576. The molecule has 0 aliphatic heterocycles. The predicted molar refractivity (Wildman–Crippen MR) is 67.8 cm³/mol. The van der Waals surface area contributed by atoms with Gasteiger partial charge in [-0.15, -0.1) is 0 Å². The minimum absolute atomic E-state index is 0.0483. The summed E-state index contributed by atoms with van der Waals surface area (Å²) in [6, 6.07) is 6.06. The van der Waals surface area contributed by atoms with Crippen LogP contribution in [0.25, 0.3) is 0 Å². The van der Waals surface area contributed by atoms with E-state index >= 15 is 0 Å². The number of primary sulfonamides is 1. The zero-order chi connectivity index (χ0) is 13.9. The van der Waals surface area contributed by atoms with Gasteiger partial charge in [0.2, 0.25) is 10.0 Å². The highest BCUT2D eigenvalue weighted by Gasteiger charge is 2.06. The molecule has 0 bridgehead atoms. The van der Waals surface area contributed by atoms with Crippen molar-refractivity contribution in [1.29, 1.82) is 0 Å². The number of sulfonamides is 1. The molecule has 0 saturated carbocycles. The van der Waals surface area contributed by atoms with Crippen molar-refractivity contribution in [2.75, 3.05) is 5.32 Å². The van der Waals surface area contributed by atoms with Gasteiger partial charge in [0.1, 0.15) is 0 Å². The zero-order valence-electron chi connectivity index (χ0n) is 9.70. The molecule has 8 nitrogen and oxygen atoms in total. The number of rotatable bonds is 4. The van der Waals surface area contributed by atoms with E-state index in [0.717, 1.165) is 5.56 Å². The molecule has 0 radical (unpaired) electrons. The zero-order valence-corrected chi connectivity index (χ0v) is 10.5. The smallest absolute Gasteiger partial charge is 0.363 e. The maximum atomic E-state index is 11.1. The van der Waals surface area contributed by atoms with E-state index in [-0.39, 0.29) is 4.90 Å². The SMILES string of the molecule is NS(=O)(=O)c1ccc(CNc2cn[nH]c(=O)n2)cc1. The summed E-state index contributed by atoms with van der Waals surface area (Å²) >= 11 is 0. The number of aromatic nitrogens is 3. The first-order chi connectivity index (χ1) is 8.95. The average molecular weight is 281 g/mol. The molecule has 19 heavy (non-hydrogen) atoms. The highest BCUT2D eigenvalue weighted by Crippen LogP contribution is 2.09. The lowest BCUT2D eigenvalue weighted by Gasteiger charge is -2.05. The fraction of sp³-hybridized carbons (Fsp3) is 0.100. The molecule has 9 heteroatoms. The first kappa shape index (κ1) is 13.2. The number of nitrogens with one attached hydrogen (secondary N) is 2. The van der Waals surface area contributed by atoms with Gasteiger partial charge in [-0.1, -0.05) is 12.1 Å². The van der Waals surface area contributed by atoms with Gasteiger partial charge >= 0.3 is 5.69 Å². The molecule has 0 aliphatic carbocycles. The van der Waals surface area contributed by atoms with Crippen LogP contribution >= 0.6 is 0 Å². The average Bonchev–Trinajstić information content (AvgIpc) is 2.36. The Labute approximate surface area is 108 Å². The molecule has 0 amide bonds. The van der Waals surface area contributed by atoms with Gasteiger partial charge in [-0.3, -0.25) is 0 Å². The van der Waals surface area contributed by atoms with Gasteiger partial charge in [0.25, 0.3) is 0 Å². The monoisotopic (exact) mass is 281 g/mol. The number of benzene rings is 1. The molecule has 1 aromatic carbocycles. The summed E-state index contributed by atoms with van der Waals surface area (Å²) in [6.07, 6.45) is 1.38. The number of hydrogen-bond acceptors (Lipinski definition) is 6. The van der Waals surface area contributed by atoms with Crippen molar-refractivity contribution in [1.82, 2.24) is 15.2 Å². The molecular formula is C10H11N5O3S. The van der Waals surface area contributed by atoms with Crippen molar-refractivity contribution >= 4 is 15.8 Å². The van der Waals surface area contributed by atoms with Gasteiger partial charge in [0.05, 0.1) is 11.1 Å². The highest BCUT2D eigenvalue weighted by atomic mass is 32.2. The maximum absolute atomic E-state index is 11.1. The minimum Gasteiger partial charge on any atom is -0.364 e. The van der Waals surface area contributed by atoms with Crippen LogP contribution in [0.2, 0.25) is 0 Å². The van der Waals surface area contributed by atoms with Crippen molar-refractivity contribution in [2.45, 2.75) is 11.4 Å². The number of H-pyrrole nitrogens is 1. The Hall–Kier alpha value is -2.26. The fourth-order valence-electron chi connectivity index (χ4n) is 1.39. The Balaban J connectivity index is 2.07. The third-order valence-electron chi connectivity index (χ3n) is 2.29. The first-order valence-electron chi connectivity index (χ1n) is 5.22. The first-order valence-corrected chi connectivity index (χ1v) is 6.77. The lowest BCUT2D eigenvalue weighted by Crippen LogP contribution is -2.15. The van der Waals surface area contributed by atoms with E-state index in [1.54, 1.807) is 12.1 Å². The lowest BCUT2D eigenvalue weighted by atomic mass is 10.2. The molecule has 0 saturated heterocycles. The number of aromatic amines is 1. The molecule has 0 aliphatic rings. The molecule has 1 aromatic heterocycles. The van der Waals surface area contributed by atoms with E-state index in [1.165, 1.54) is 18.3 Å². The van der Waals surface area contributed by atoms with E-state index in [4.69, 9.17) is 5.14 Å².